The lowest BCUT2D eigenvalue weighted by Crippen LogP contribution is -2.43. The van der Waals surface area contributed by atoms with Crippen molar-refractivity contribution in [2.75, 3.05) is 24.5 Å². The molecule has 0 radical (unpaired) electrons. The average molecular weight is 293 g/mol. The minimum absolute atomic E-state index is 0.401. The fourth-order valence-corrected chi connectivity index (χ4v) is 2.92. The van der Waals surface area contributed by atoms with Crippen LogP contribution in [0.25, 0.3) is 0 Å². The van der Waals surface area contributed by atoms with E-state index >= 15 is 0 Å². The molecule has 0 atom stereocenters. The highest BCUT2D eigenvalue weighted by Gasteiger charge is 2.28. The minimum Gasteiger partial charge on any atom is -0.366 e. The zero-order valence-electron chi connectivity index (χ0n) is 11.9. The van der Waals surface area contributed by atoms with Gasteiger partial charge in [-0.2, -0.15) is 4.39 Å². The Kier molecular flexibility index (Phi) is 4.05. The van der Waals surface area contributed by atoms with Crippen molar-refractivity contribution in [1.29, 1.82) is 0 Å². The van der Waals surface area contributed by atoms with E-state index in [1.54, 1.807) is 6.07 Å². The second-order valence-corrected chi connectivity index (χ2v) is 5.98. The van der Waals surface area contributed by atoms with Crippen molar-refractivity contribution in [3.63, 3.8) is 0 Å². The molecule has 114 valence electrons. The van der Waals surface area contributed by atoms with E-state index < -0.39 is 16.4 Å². The van der Waals surface area contributed by atoms with Crippen LogP contribution in [0.2, 0.25) is 0 Å². The van der Waals surface area contributed by atoms with Gasteiger partial charge in [-0.3, -0.25) is 10.1 Å². The van der Waals surface area contributed by atoms with Crippen LogP contribution in [-0.4, -0.2) is 30.6 Å². The molecule has 21 heavy (non-hydrogen) atoms. The molecule has 1 saturated heterocycles. The van der Waals surface area contributed by atoms with E-state index in [9.17, 15) is 14.5 Å². The van der Waals surface area contributed by atoms with Gasteiger partial charge >= 0.3 is 5.69 Å². The molecule has 5 nitrogen and oxygen atoms in total. The number of rotatable bonds is 5. The highest BCUT2D eigenvalue weighted by molar-refractivity contribution is 5.64. The molecule has 1 aromatic rings. The Morgan fingerprint density at radius 2 is 2.00 bits per heavy atom. The summed E-state index contributed by atoms with van der Waals surface area (Å²) in [7, 11) is 0. The second kappa shape index (κ2) is 5.97. The normalized spacial score (nSPS) is 19.8. The molecule has 2 fully saturated rings. The lowest BCUT2D eigenvalue weighted by atomic mass is 10.0. The van der Waals surface area contributed by atoms with Crippen LogP contribution in [0.15, 0.2) is 18.2 Å². The Morgan fingerprint density at radius 1 is 1.29 bits per heavy atom. The molecule has 0 amide bonds. The highest BCUT2D eigenvalue weighted by atomic mass is 19.1. The van der Waals surface area contributed by atoms with Crippen LogP contribution < -0.4 is 10.2 Å². The van der Waals surface area contributed by atoms with Crippen LogP contribution in [0.4, 0.5) is 15.8 Å². The van der Waals surface area contributed by atoms with Crippen molar-refractivity contribution >= 4 is 11.4 Å². The van der Waals surface area contributed by atoms with Crippen LogP contribution in [0.5, 0.6) is 0 Å². The van der Waals surface area contributed by atoms with Gasteiger partial charge in [0, 0.05) is 19.1 Å². The van der Waals surface area contributed by atoms with Gasteiger partial charge in [0.15, 0.2) is 0 Å². The third-order valence-corrected chi connectivity index (χ3v) is 4.38. The molecule has 0 aromatic heterocycles. The molecule has 0 unspecified atom stereocenters. The van der Waals surface area contributed by atoms with Gasteiger partial charge in [-0.05, 0) is 50.3 Å². The SMILES string of the molecule is O=[N+]([O-])c1c(F)cccc1N1CCC(NCC2CC2)CC1. The fourth-order valence-electron chi connectivity index (χ4n) is 2.92. The predicted octanol–water partition coefficient (Wildman–Crippen LogP) is 2.70. The number of nitro groups is 1. The van der Waals surface area contributed by atoms with Crippen LogP contribution in [0.3, 0.4) is 0 Å². The highest BCUT2D eigenvalue weighted by Crippen LogP contribution is 2.33. The van der Waals surface area contributed by atoms with E-state index in [1.165, 1.54) is 18.9 Å². The third kappa shape index (κ3) is 3.32. The van der Waals surface area contributed by atoms with Crippen molar-refractivity contribution in [3.05, 3.63) is 34.1 Å². The molecule has 1 aliphatic heterocycles. The first kappa shape index (κ1) is 14.3. The number of halogens is 1. The Balaban J connectivity index is 1.63. The van der Waals surface area contributed by atoms with Crippen molar-refractivity contribution in [2.45, 2.75) is 31.7 Å². The number of anilines is 1. The number of hydrogen-bond donors (Lipinski definition) is 1. The Bertz CT molecular complexity index is 526. The monoisotopic (exact) mass is 293 g/mol. The number of hydrogen-bond acceptors (Lipinski definition) is 4. The number of piperidine rings is 1. The summed E-state index contributed by atoms with van der Waals surface area (Å²) >= 11 is 0. The average Bonchev–Trinajstić information content (AvgIpc) is 3.29. The molecule has 1 aliphatic carbocycles. The molecule has 0 bridgehead atoms. The van der Waals surface area contributed by atoms with Gasteiger partial charge in [-0.1, -0.05) is 6.07 Å². The minimum atomic E-state index is -0.758. The molecular formula is C15H20FN3O2. The Hall–Kier alpha value is -1.69. The summed E-state index contributed by atoms with van der Waals surface area (Å²) in [6.07, 6.45) is 4.56. The number of para-hydroxylation sites is 1. The van der Waals surface area contributed by atoms with E-state index in [1.807, 2.05) is 4.90 Å². The van der Waals surface area contributed by atoms with Crippen LogP contribution >= 0.6 is 0 Å². The van der Waals surface area contributed by atoms with E-state index in [-0.39, 0.29) is 0 Å². The van der Waals surface area contributed by atoms with E-state index in [0.29, 0.717) is 11.7 Å². The summed E-state index contributed by atoms with van der Waals surface area (Å²) in [4.78, 5) is 12.4. The molecule has 1 N–H and O–H groups in total. The summed E-state index contributed by atoms with van der Waals surface area (Å²) in [5, 5.41) is 14.6. The van der Waals surface area contributed by atoms with Gasteiger partial charge in [0.05, 0.1) is 4.92 Å². The van der Waals surface area contributed by atoms with E-state index in [0.717, 1.165) is 44.5 Å². The molecule has 1 heterocycles. The fraction of sp³-hybridized carbons (Fsp3) is 0.600. The molecular weight excluding hydrogens is 273 g/mol. The van der Waals surface area contributed by atoms with Crippen LogP contribution in [0, 0.1) is 21.8 Å². The molecule has 2 aliphatic rings. The predicted molar refractivity (Wildman–Crippen MR) is 79.0 cm³/mol. The zero-order chi connectivity index (χ0) is 14.8. The second-order valence-electron chi connectivity index (χ2n) is 5.98. The van der Waals surface area contributed by atoms with Gasteiger partial charge in [0.25, 0.3) is 0 Å². The summed E-state index contributed by atoms with van der Waals surface area (Å²) in [6, 6.07) is 4.80. The van der Waals surface area contributed by atoms with Crippen molar-refractivity contribution in [3.8, 4) is 0 Å². The summed E-state index contributed by atoms with van der Waals surface area (Å²) in [5.74, 6) is 0.0961. The molecule has 6 heteroatoms. The molecule has 3 rings (SSSR count). The largest absolute Gasteiger partial charge is 0.366 e. The van der Waals surface area contributed by atoms with Gasteiger partial charge in [-0.15, -0.1) is 0 Å². The molecule has 1 aromatic carbocycles. The smallest absolute Gasteiger partial charge is 0.327 e. The van der Waals surface area contributed by atoms with E-state index in [2.05, 4.69) is 5.32 Å². The topological polar surface area (TPSA) is 58.4 Å². The maximum absolute atomic E-state index is 13.7. The van der Waals surface area contributed by atoms with Gasteiger partial charge < -0.3 is 10.2 Å². The maximum Gasteiger partial charge on any atom is 0.327 e. The van der Waals surface area contributed by atoms with Crippen molar-refractivity contribution in [1.82, 2.24) is 5.32 Å². The van der Waals surface area contributed by atoms with E-state index in [4.69, 9.17) is 0 Å². The molecule has 0 spiro atoms. The van der Waals surface area contributed by atoms with Crippen LogP contribution in [0.1, 0.15) is 25.7 Å². The summed E-state index contributed by atoms with van der Waals surface area (Å²) < 4.78 is 13.7. The Morgan fingerprint density at radius 3 is 2.62 bits per heavy atom. The number of nitro benzene ring substituents is 1. The zero-order valence-corrected chi connectivity index (χ0v) is 11.9. The van der Waals surface area contributed by atoms with Gasteiger partial charge in [0.1, 0.15) is 5.69 Å². The first-order chi connectivity index (χ1) is 10.1. The van der Waals surface area contributed by atoms with Gasteiger partial charge in [0.2, 0.25) is 5.82 Å². The first-order valence-electron chi connectivity index (χ1n) is 7.56. The summed E-state index contributed by atoms with van der Waals surface area (Å²) in [5.41, 5.74) is 0.00234. The third-order valence-electron chi connectivity index (χ3n) is 4.38. The van der Waals surface area contributed by atoms with Gasteiger partial charge in [-0.25, -0.2) is 0 Å². The maximum atomic E-state index is 13.7. The number of benzene rings is 1. The van der Waals surface area contributed by atoms with Crippen LogP contribution in [-0.2, 0) is 0 Å². The lowest BCUT2D eigenvalue weighted by molar-refractivity contribution is -0.386. The lowest BCUT2D eigenvalue weighted by Gasteiger charge is -2.33. The quantitative estimate of drug-likeness (QED) is 0.670. The molecule has 1 saturated carbocycles. The summed E-state index contributed by atoms with van der Waals surface area (Å²) in [6.45, 7) is 2.55. The van der Waals surface area contributed by atoms with Crippen molar-refractivity contribution in [2.24, 2.45) is 5.92 Å². The standard InChI is InChI=1S/C15H20FN3O2/c16-13-2-1-3-14(15(13)19(20)21)18-8-6-12(7-9-18)17-10-11-4-5-11/h1-3,11-12,17H,4-10H2. The van der Waals surface area contributed by atoms with Crippen molar-refractivity contribution < 1.29 is 9.31 Å². The number of nitrogens with one attached hydrogen (secondary N) is 1. The Labute approximate surface area is 123 Å². The number of nitrogens with zero attached hydrogens (tertiary/aromatic N) is 2. The first-order valence-corrected chi connectivity index (χ1v) is 7.56.